The molecule has 0 aliphatic carbocycles. The summed E-state index contributed by atoms with van der Waals surface area (Å²) in [5.41, 5.74) is 7.34. The topological polar surface area (TPSA) is 0 Å². The van der Waals surface area contributed by atoms with Crippen LogP contribution in [-0.2, 0) is 0 Å². The van der Waals surface area contributed by atoms with E-state index in [1.165, 1.54) is 27.8 Å². The van der Waals surface area contributed by atoms with Crippen LogP contribution in [0, 0.1) is 34.6 Å². The molecule has 0 aliphatic heterocycles. The molecule has 0 atom stereocenters. The molecule has 0 N–H and O–H groups in total. The summed E-state index contributed by atoms with van der Waals surface area (Å²) in [6.45, 7) is 11.0. The molecule has 0 fully saturated rings. The fourth-order valence-electron chi connectivity index (χ4n) is 1.41. The third-order valence-corrected chi connectivity index (χ3v) is 2.81. The van der Waals surface area contributed by atoms with E-state index < -0.39 is 0 Å². The molecule has 12 heavy (non-hydrogen) atoms. The van der Waals surface area contributed by atoms with Crippen LogP contribution >= 0.6 is 0 Å². The minimum Gasteiger partial charge on any atom is -1.00 e. The molecule has 0 saturated heterocycles. The Kier molecular flexibility index (Phi) is 5.67. The smallest absolute Gasteiger partial charge is 1.00 e. The Labute approximate surface area is 85.4 Å². The second-order valence-electron chi connectivity index (χ2n) is 3.12. The van der Waals surface area contributed by atoms with Gasteiger partial charge in [0.1, 0.15) is 0 Å². The van der Waals surface area contributed by atoms with E-state index in [2.05, 4.69) is 34.6 Å². The second-order valence-corrected chi connectivity index (χ2v) is 3.12. The van der Waals surface area contributed by atoms with E-state index in [9.17, 15) is 0 Å². The largest absolute Gasteiger partial charge is 2.00 e. The standard InChI is InChI=1S/C10H15.Be.ClH/c1-6-7(2)9(4)10(5)8(6)3;;/h1-5H3;;1H/q-1;+2;/p-1. The van der Waals surface area contributed by atoms with E-state index in [0.717, 1.165) is 0 Å². The van der Waals surface area contributed by atoms with Gasteiger partial charge in [0.15, 0.2) is 0 Å². The third-order valence-electron chi connectivity index (χ3n) is 2.81. The zero-order chi connectivity index (χ0) is 7.89. The molecule has 0 aliphatic rings. The van der Waals surface area contributed by atoms with Gasteiger partial charge >= 0.3 is 10.1 Å². The molecule has 0 spiro atoms. The van der Waals surface area contributed by atoms with Crippen LogP contribution in [0.15, 0.2) is 0 Å². The normalized spacial score (nSPS) is 8.75. The summed E-state index contributed by atoms with van der Waals surface area (Å²) in [6, 6.07) is 0. The Morgan fingerprint density at radius 1 is 0.833 bits per heavy atom. The van der Waals surface area contributed by atoms with Gasteiger partial charge in [0.05, 0.1) is 0 Å². The molecule has 0 aromatic heterocycles. The van der Waals surface area contributed by atoms with Gasteiger partial charge in [-0.2, -0.15) is 27.8 Å². The van der Waals surface area contributed by atoms with Crippen molar-refractivity contribution in [1.82, 2.24) is 0 Å². The predicted octanol–water partition coefficient (Wildman–Crippen LogP) is -0.429. The van der Waals surface area contributed by atoms with Gasteiger partial charge in [-0.25, -0.2) is 0 Å². The van der Waals surface area contributed by atoms with Crippen molar-refractivity contribution in [3.63, 3.8) is 0 Å². The minimum absolute atomic E-state index is 0. The van der Waals surface area contributed by atoms with Crippen LogP contribution in [0.4, 0.5) is 0 Å². The zero-order valence-corrected chi connectivity index (χ0v) is 9.34. The van der Waals surface area contributed by atoms with E-state index in [1.807, 2.05) is 0 Å². The van der Waals surface area contributed by atoms with E-state index in [-0.39, 0.29) is 22.5 Å². The van der Waals surface area contributed by atoms with Gasteiger partial charge in [0.25, 0.3) is 0 Å². The molecular weight excluding hydrogens is 165 g/mol. The van der Waals surface area contributed by atoms with Crippen molar-refractivity contribution in [3.8, 4) is 0 Å². The van der Waals surface area contributed by atoms with Crippen molar-refractivity contribution in [1.29, 1.82) is 0 Å². The molecule has 1 aromatic carbocycles. The number of hydrogen-bond acceptors (Lipinski definition) is 0. The minimum atomic E-state index is 0. The Morgan fingerprint density at radius 3 is 1.17 bits per heavy atom. The molecule has 64 valence electrons. The second kappa shape index (κ2) is 4.74. The first-order chi connectivity index (χ1) is 4.55. The summed E-state index contributed by atoms with van der Waals surface area (Å²) in [7, 11) is 0. The van der Waals surface area contributed by atoms with Crippen LogP contribution in [0.3, 0.4) is 0 Å². The molecular formula is C10H15BeCl. The van der Waals surface area contributed by atoms with Crippen molar-refractivity contribution in [2.75, 3.05) is 0 Å². The summed E-state index contributed by atoms with van der Waals surface area (Å²) in [5.74, 6) is 0. The monoisotopic (exact) mass is 179 g/mol. The van der Waals surface area contributed by atoms with Crippen LogP contribution in [0.25, 0.3) is 0 Å². The van der Waals surface area contributed by atoms with E-state index in [4.69, 9.17) is 0 Å². The first kappa shape index (κ1) is 14.3. The molecule has 0 amide bonds. The quantitative estimate of drug-likeness (QED) is 0.375. The molecule has 2 heteroatoms. The van der Waals surface area contributed by atoms with Crippen LogP contribution in [0.1, 0.15) is 27.8 Å². The first-order valence-corrected chi connectivity index (χ1v) is 3.75. The van der Waals surface area contributed by atoms with E-state index in [0.29, 0.717) is 0 Å². The Hall–Kier alpha value is -0.191. The average molecular weight is 180 g/mol. The Balaban J connectivity index is 0. The Bertz CT molecular complexity index is 181. The van der Waals surface area contributed by atoms with E-state index in [1.54, 1.807) is 0 Å². The zero-order valence-electron chi connectivity index (χ0n) is 8.59. The molecule has 1 rings (SSSR count). The van der Waals surface area contributed by atoms with E-state index >= 15 is 0 Å². The van der Waals surface area contributed by atoms with Gasteiger partial charge < -0.3 is 12.4 Å². The summed E-state index contributed by atoms with van der Waals surface area (Å²) in [4.78, 5) is 0. The average Bonchev–Trinajstić information content (AvgIpc) is 2.07. The van der Waals surface area contributed by atoms with Crippen LogP contribution in [0.2, 0.25) is 0 Å². The van der Waals surface area contributed by atoms with Crippen molar-refractivity contribution in [3.05, 3.63) is 27.8 Å². The maximum Gasteiger partial charge on any atom is 2.00 e. The van der Waals surface area contributed by atoms with Gasteiger partial charge in [-0.05, 0) is 0 Å². The van der Waals surface area contributed by atoms with Crippen molar-refractivity contribution in [2.45, 2.75) is 34.6 Å². The maximum atomic E-state index is 2.20. The summed E-state index contributed by atoms with van der Waals surface area (Å²) in [5, 5.41) is 0. The van der Waals surface area contributed by atoms with Gasteiger partial charge in [-0.1, -0.05) is 34.6 Å². The maximum absolute atomic E-state index is 2.20. The fraction of sp³-hybridized carbons (Fsp3) is 0.500. The molecule has 0 saturated carbocycles. The SMILES string of the molecule is Cc1c(C)c(C)[c-](C)c1C.[Be+2].[Cl-]. The summed E-state index contributed by atoms with van der Waals surface area (Å²) >= 11 is 0. The van der Waals surface area contributed by atoms with Crippen molar-refractivity contribution >= 4 is 10.1 Å². The van der Waals surface area contributed by atoms with Gasteiger partial charge in [0.2, 0.25) is 0 Å². The van der Waals surface area contributed by atoms with Gasteiger partial charge in [-0.3, -0.25) is 0 Å². The Morgan fingerprint density at radius 2 is 1.08 bits per heavy atom. The van der Waals surface area contributed by atoms with Crippen molar-refractivity contribution < 1.29 is 12.4 Å². The first-order valence-electron chi connectivity index (χ1n) is 3.75. The molecule has 0 bridgehead atoms. The van der Waals surface area contributed by atoms with Crippen LogP contribution in [0.5, 0.6) is 0 Å². The van der Waals surface area contributed by atoms with Crippen molar-refractivity contribution in [2.24, 2.45) is 0 Å². The molecule has 0 unspecified atom stereocenters. The third kappa shape index (κ3) is 1.94. The fourth-order valence-corrected chi connectivity index (χ4v) is 1.41. The summed E-state index contributed by atoms with van der Waals surface area (Å²) in [6.07, 6.45) is 0. The molecule has 1 aromatic rings. The predicted molar refractivity (Wildman–Crippen MR) is 51.5 cm³/mol. The van der Waals surface area contributed by atoms with Crippen LogP contribution < -0.4 is 12.4 Å². The molecule has 0 radical (unpaired) electrons. The number of rotatable bonds is 0. The number of hydrogen-bond donors (Lipinski definition) is 0. The van der Waals surface area contributed by atoms with Gasteiger partial charge in [-0.15, -0.1) is 0 Å². The molecule has 0 heterocycles. The summed E-state index contributed by atoms with van der Waals surface area (Å²) < 4.78 is 0. The molecule has 0 nitrogen and oxygen atoms in total. The van der Waals surface area contributed by atoms with Gasteiger partial charge in [0, 0.05) is 0 Å². The van der Waals surface area contributed by atoms with Crippen LogP contribution in [-0.4, -0.2) is 10.1 Å². The number of halogens is 1.